The maximum Gasteiger partial charge on any atom is 0.259 e. The third-order valence-corrected chi connectivity index (χ3v) is 10.3. The van der Waals surface area contributed by atoms with E-state index in [2.05, 4.69) is 20.6 Å². The molecule has 10 nitrogen and oxygen atoms in total. The summed E-state index contributed by atoms with van der Waals surface area (Å²) in [5.74, 6) is -0.287. The fourth-order valence-corrected chi connectivity index (χ4v) is 7.47. The van der Waals surface area contributed by atoms with Crippen LogP contribution in [0, 0.1) is 5.82 Å². The van der Waals surface area contributed by atoms with Gasteiger partial charge in [0.1, 0.15) is 12.1 Å². The van der Waals surface area contributed by atoms with Gasteiger partial charge < -0.3 is 9.84 Å². The van der Waals surface area contributed by atoms with Gasteiger partial charge in [0.2, 0.25) is 11.7 Å². The van der Waals surface area contributed by atoms with Crippen LogP contribution in [-0.2, 0) is 22.4 Å². The number of aryl methyl sites for hydroxylation is 1. The van der Waals surface area contributed by atoms with Crippen molar-refractivity contribution in [1.82, 2.24) is 24.6 Å². The molecular weight excluding hydrogens is 599 g/mol. The monoisotopic (exact) mass is 640 g/mol. The van der Waals surface area contributed by atoms with E-state index in [0.29, 0.717) is 34.6 Å². The molecule has 47 heavy (non-hydrogen) atoms. The quantitative estimate of drug-likeness (QED) is 0.244. The summed E-state index contributed by atoms with van der Waals surface area (Å²) in [4.78, 5) is 31.2. The zero-order valence-electron chi connectivity index (χ0n) is 26.9. The Morgan fingerprint density at radius 3 is 2.53 bits per heavy atom. The van der Waals surface area contributed by atoms with Gasteiger partial charge in [0.25, 0.3) is 5.56 Å². The predicted molar refractivity (Wildman–Crippen MR) is 176 cm³/mol. The molecule has 11 heteroatoms. The molecule has 1 atom stereocenters. The minimum Gasteiger partial charge on any atom is -0.387 e. The van der Waals surface area contributed by atoms with Crippen LogP contribution in [0.1, 0.15) is 100 Å². The van der Waals surface area contributed by atoms with Crippen molar-refractivity contribution in [2.75, 3.05) is 0 Å². The smallest absolute Gasteiger partial charge is 0.259 e. The minimum absolute atomic E-state index is 0.0184. The van der Waals surface area contributed by atoms with Crippen molar-refractivity contribution in [3.05, 3.63) is 87.3 Å². The highest BCUT2D eigenvalue weighted by molar-refractivity contribution is 6.16. The molecule has 246 valence electrons. The number of fused-ring (bicyclic) bond motifs is 1. The Kier molecular flexibility index (Phi) is 8.52. The average Bonchev–Trinajstić information content (AvgIpc) is 3.72. The standard InChI is InChI=1S/C36H41FN6O4/c1-3-8-30-28(19-24-11-16-27(23-9-5-4-6-10-23)32(33(24)37)29-20-31(44)41-40-29)34(45)42(35-38-21-39-43(30)35)25-12-14-26(15-13-25)47-22(2)36(46)17-7-18-36/h4-6,9-11,16,21-22,25-26,46H,3,7-8,12-15,17-20H2,1-2H3,(H,41,44). The summed E-state index contributed by atoms with van der Waals surface area (Å²) in [6.07, 6.45) is 8.18. The van der Waals surface area contributed by atoms with Gasteiger partial charge in [-0.2, -0.15) is 15.2 Å². The molecule has 2 N–H and O–H groups in total. The second-order valence-electron chi connectivity index (χ2n) is 13.3. The normalized spacial score (nSPS) is 21.4. The Labute approximate surface area is 272 Å². The number of aliphatic hydroxyl groups is 1. The lowest BCUT2D eigenvalue weighted by atomic mass is 9.76. The zero-order chi connectivity index (χ0) is 32.7. The van der Waals surface area contributed by atoms with Gasteiger partial charge in [-0.05, 0) is 75.0 Å². The van der Waals surface area contributed by atoms with Crippen LogP contribution < -0.4 is 11.0 Å². The van der Waals surface area contributed by atoms with Gasteiger partial charge in [-0.15, -0.1) is 0 Å². The molecule has 2 fully saturated rings. The lowest BCUT2D eigenvalue weighted by Crippen LogP contribution is -2.49. The maximum atomic E-state index is 16.7. The van der Waals surface area contributed by atoms with Crippen LogP contribution in [0.25, 0.3) is 16.9 Å². The Morgan fingerprint density at radius 1 is 1.11 bits per heavy atom. The number of rotatable bonds is 10. The Morgan fingerprint density at radius 2 is 1.87 bits per heavy atom. The third kappa shape index (κ3) is 5.80. The van der Waals surface area contributed by atoms with E-state index in [1.165, 1.54) is 6.33 Å². The molecule has 1 aliphatic heterocycles. The van der Waals surface area contributed by atoms with Crippen LogP contribution in [0.15, 0.2) is 58.7 Å². The van der Waals surface area contributed by atoms with E-state index < -0.39 is 11.4 Å². The molecule has 2 aliphatic carbocycles. The number of hydrazone groups is 1. The Balaban J connectivity index is 1.25. The molecule has 2 aromatic carbocycles. The third-order valence-electron chi connectivity index (χ3n) is 10.3. The zero-order valence-corrected chi connectivity index (χ0v) is 26.9. The van der Waals surface area contributed by atoms with Gasteiger partial charge in [0.05, 0.1) is 35.6 Å². The van der Waals surface area contributed by atoms with Crippen LogP contribution in [-0.4, -0.2) is 53.7 Å². The highest BCUT2D eigenvalue weighted by Crippen LogP contribution is 2.39. The largest absolute Gasteiger partial charge is 0.387 e. The van der Waals surface area contributed by atoms with Gasteiger partial charge in [-0.3, -0.25) is 14.2 Å². The summed E-state index contributed by atoms with van der Waals surface area (Å²) in [5, 5.41) is 19.4. The van der Waals surface area contributed by atoms with Crippen LogP contribution >= 0.6 is 0 Å². The van der Waals surface area contributed by atoms with Crippen molar-refractivity contribution in [2.45, 2.75) is 108 Å². The summed E-state index contributed by atoms with van der Waals surface area (Å²) in [7, 11) is 0. The van der Waals surface area contributed by atoms with E-state index in [9.17, 15) is 14.7 Å². The molecule has 1 amide bonds. The predicted octanol–water partition coefficient (Wildman–Crippen LogP) is 5.27. The molecule has 3 heterocycles. The number of nitrogens with zero attached hydrogens (tertiary/aromatic N) is 5. The SMILES string of the molecule is CCCc1c(Cc2ccc(-c3ccccc3)c(C3=NNC(=O)C3)c2F)c(=O)n(C2CCC(OC(C)C3(O)CCC3)CC2)c2ncnn12. The number of halogens is 1. The molecular formula is C36H41FN6O4. The fraction of sp³-hybridized carbons (Fsp3) is 0.472. The molecule has 3 aliphatic rings. The molecule has 0 saturated heterocycles. The van der Waals surface area contributed by atoms with Crippen molar-refractivity contribution in [2.24, 2.45) is 5.10 Å². The van der Waals surface area contributed by atoms with Crippen LogP contribution in [0.3, 0.4) is 0 Å². The van der Waals surface area contributed by atoms with Crippen LogP contribution in [0.2, 0.25) is 0 Å². The second-order valence-corrected chi connectivity index (χ2v) is 13.3. The molecule has 2 saturated carbocycles. The van der Waals surface area contributed by atoms with Gasteiger partial charge in [0.15, 0.2) is 0 Å². The fourth-order valence-electron chi connectivity index (χ4n) is 7.47. The molecule has 2 aromatic heterocycles. The lowest BCUT2D eigenvalue weighted by molar-refractivity contribution is -0.167. The number of benzene rings is 2. The number of hydrogen-bond donors (Lipinski definition) is 2. The number of aromatic nitrogens is 4. The van der Waals surface area contributed by atoms with E-state index in [0.717, 1.165) is 62.6 Å². The van der Waals surface area contributed by atoms with Gasteiger partial charge in [-0.1, -0.05) is 55.8 Å². The number of hydrogen-bond acceptors (Lipinski definition) is 7. The molecule has 7 rings (SSSR count). The summed E-state index contributed by atoms with van der Waals surface area (Å²) in [6.45, 7) is 3.99. The highest BCUT2D eigenvalue weighted by atomic mass is 19.1. The first-order chi connectivity index (χ1) is 22.8. The number of nitrogens with one attached hydrogen (secondary N) is 1. The van der Waals surface area contributed by atoms with Gasteiger partial charge >= 0.3 is 0 Å². The highest BCUT2D eigenvalue weighted by Gasteiger charge is 2.42. The summed E-state index contributed by atoms with van der Waals surface area (Å²) < 4.78 is 26.5. The van der Waals surface area contributed by atoms with Crippen molar-refractivity contribution >= 4 is 17.4 Å². The number of carbonyl (C=O) groups excluding carboxylic acids is 1. The molecule has 0 spiro atoms. The van der Waals surface area contributed by atoms with Crippen LogP contribution in [0.4, 0.5) is 4.39 Å². The Bertz CT molecular complexity index is 1890. The first-order valence-electron chi connectivity index (χ1n) is 16.8. The first kappa shape index (κ1) is 31.4. The summed E-state index contributed by atoms with van der Waals surface area (Å²) >= 11 is 0. The molecule has 4 aromatic rings. The molecule has 0 bridgehead atoms. The topological polar surface area (TPSA) is 123 Å². The number of carbonyl (C=O) groups is 1. The Hall–Kier alpha value is -4.22. The molecule has 1 unspecified atom stereocenters. The van der Waals surface area contributed by atoms with Crippen molar-refractivity contribution in [3.63, 3.8) is 0 Å². The van der Waals surface area contributed by atoms with Crippen LogP contribution in [0.5, 0.6) is 0 Å². The average molecular weight is 641 g/mol. The van der Waals surface area contributed by atoms with Crippen molar-refractivity contribution < 1.29 is 19.0 Å². The number of amides is 1. The first-order valence-corrected chi connectivity index (χ1v) is 16.8. The second kappa shape index (κ2) is 12.8. The summed E-state index contributed by atoms with van der Waals surface area (Å²) in [5.41, 5.74) is 5.16. The van der Waals surface area contributed by atoms with Gasteiger partial charge in [-0.25, -0.2) is 14.3 Å². The van der Waals surface area contributed by atoms with Gasteiger partial charge in [0, 0.05) is 23.6 Å². The summed E-state index contributed by atoms with van der Waals surface area (Å²) in [6, 6.07) is 12.9. The van der Waals surface area contributed by atoms with Crippen molar-refractivity contribution in [3.8, 4) is 11.1 Å². The molecule has 0 radical (unpaired) electrons. The maximum absolute atomic E-state index is 16.7. The van der Waals surface area contributed by atoms with E-state index >= 15 is 4.39 Å². The van der Waals surface area contributed by atoms with Crippen molar-refractivity contribution in [1.29, 1.82) is 0 Å². The van der Waals surface area contributed by atoms with E-state index in [4.69, 9.17) is 4.74 Å². The van der Waals surface area contributed by atoms with E-state index in [1.807, 2.05) is 50.2 Å². The minimum atomic E-state index is -0.726. The lowest BCUT2D eigenvalue weighted by Gasteiger charge is -2.43. The van der Waals surface area contributed by atoms with E-state index in [-0.39, 0.29) is 48.1 Å². The number of ether oxygens (including phenoxy) is 1. The van der Waals surface area contributed by atoms with E-state index in [1.54, 1.807) is 15.1 Å².